The van der Waals surface area contributed by atoms with Crippen molar-refractivity contribution in [2.24, 2.45) is 0 Å². The second-order valence-corrected chi connectivity index (χ2v) is 9.25. The van der Waals surface area contributed by atoms with Gasteiger partial charge in [-0.05, 0) is 74.0 Å². The summed E-state index contributed by atoms with van der Waals surface area (Å²) in [5.41, 5.74) is 1.11. The van der Waals surface area contributed by atoms with Crippen molar-refractivity contribution in [2.75, 3.05) is 24.4 Å². The molecule has 10 heteroatoms. The van der Waals surface area contributed by atoms with Crippen LogP contribution in [0.1, 0.15) is 33.2 Å². The highest BCUT2D eigenvalue weighted by atomic mass is 32.2. The molecule has 0 atom stereocenters. The Morgan fingerprint density at radius 3 is 2.11 bits per heavy atom. The lowest BCUT2D eigenvalue weighted by Crippen LogP contribution is -2.34. The number of ether oxygens (including phenoxy) is 1. The zero-order valence-corrected chi connectivity index (χ0v) is 20.1. The summed E-state index contributed by atoms with van der Waals surface area (Å²) in [5.74, 6) is -0.820. The molecule has 0 aliphatic carbocycles. The molecule has 0 spiro atoms. The molecule has 3 rings (SSSR count). The molecule has 3 aromatic carbocycles. The number of hydrogen-bond acceptors (Lipinski definition) is 5. The maximum atomic E-state index is 13.6. The van der Waals surface area contributed by atoms with Crippen LogP contribution in [0.2, 0.25) is 0 Å². The van der Waals surface area contributed by atoms with E-state index in [1.165, 1.54) is 36.4 Å². The second-order valence-electron chi connectivity index (χ2n) is 7.57. The van der Waals surface area contributed by atoms with Crippen LogP contribution in [-0.4, -0.2) is 39.9 Å². The molecule has 0 aliphatic rings. The van der Waals surface area contributed by atoms with Crippen molar-refractivity contribution in [3.8, 4) is 5.75 Å². The molecule has 0 fully saturated rings. The molecule has 0 aliphatic heterocycles. The van der Waals surface area contributed by atoms with Gasteiger partial charge in [0.2, 0.25) is 0 Å². The highest BCUT2D eigenvalue weighted by Gasteiger charge is 2.17. The Morgan fingerprint density at radius 1 is 0.886 bits per heavy atom. The number of halogens is 1. The molecular formula is C25H26FN3O5S. The summed E-state index contributed by atoms with van der Waals surface area (Å²) in [5, 5.41) is 5.21. The standard InChI is InChI=1S/C25H26FN3O5S/c1-3-34-21-11-9-20(10-12-21)29-35(32,33)22-6-4-5-18(15-22)24(30)27-13-14-28-25(31)19-8-7-17(2)23(26)16-19/h4-12,15-16,29H,3,13-14H2,1-2H3,(H,27,30)(H,28,31). The van der Waals surface area contributed by atoms with Crippen molar-refractivity contribution in [3.63, 3.8) is 0 Å². The molecule has 3 aromatic rings. The van der Waals surface area contributed by atoms with Gasteiger partial charge in [-0.15, -0.1) is 0 Å². The van der Waals surface area contributed by atoms with Gasteiger partial charge in [-0.1, -0.05) is 12.1 Å². The van der Waals surface area contributed by atoms with Gasteiger partial charge < -0.3 is 15.4 Å². The maximum absolute atomic E-state index is 13.6. The summed E-state index contributed by atoms with van der Waals surface area (Å²) in [6, 6.07) is 16.2. The second kappa shape index (κ2) is 11.5. The van der Waals surface area contributed by atoms with E-state index >= 15 is 0 Å². The number of carbonyl (C=O) groups excluding carboxylic acids is 2. The van der Waals surface area contributed by atoms with E-state index in [9.17, 15) is 22.4 Å². The average Bonchev–Trinajstić information content (AvgIpc) is 2.84. The fraction of sp³-hybridized carbons (Fsp3) is 0.200. The molecule has 0 bridgehead atoms. The average molecular weight is 500 g/mol. The van der Waals surface area contributed by atoms with E-state index in [0.717, 1.165) is 6.07 Å². The van der Waals surface area contributed by atoms with E-state index < -0.39 is 27.7 Å². The van der Waals surface area contributed by atoms with Gasteiger partial charge in [0.1, 0.15) is 11.6 Å². The molecular weight excluding hydrogens is 473 g/mol. The third kappa shape index (κ3) is 7.03. The Morgan fingerprint density at radius 2 is 1.51 bits per heavy atom. The normalized spacial score (nSPS) is 10.9. The first kappa shape index (κ1) is 25.7. The lowest BCUT2D eigenvalue weighted by atomic mass is 10.1. The predicted molar refractivity (Wildman–Crippen MR) is 131 cm³/mol. The molecule has 0 saturated carbocycles. The number of amides is 2. The predicted octanol–water partition coefficient (Wildman–Crippen LogP) is 3.49. The molecule has 8 nitrogen and oxygen atoms in total. The third-order valence-electron chi connectivity index (χ3n) is 4.95. The summed E-state index contributed by atoms with van der Waals surface area (Å²) >= 11 is 0. The molecule has 0 unspecified atom stereocenters. The topological polar surface area (TPSA) is 114 Å². The van der Waals surface area contributed by atoms with Crippen LogP contribution in [0.5, 0.6) is 5.75 Å². The van der Waals surface area contributed by atoms with Crippen molar-refractivity contribution < 1.29 is 27.1 Å². The maximum Gasteiger partial charge on any atom is 0.261 e. The summed E-state index contributed by atoms with van der Waals surface area (Å²) < 4.78 is 46.9. The van der Waals surface area contributed by atoms with Crippen molar-refractivity contribution in [2.45, 2.75) is 18.7 Å². The van der Waals surface area contributed by atoms with Crippen molar-refractivity contribution in [3.05, 3.63) is 89.2 Å². The molecule has 184 valence electrons. The summed E-state index contributed by atoms with van der Waals surface area (Å²) in [7, 11) is -3.93. The summed E-state index contributed by atoms with van der Waals surface area (Å²) in [4.78, 5) is 24.5. The van der Waals surface area contributed by atoms with Gasteiger partial charge in [-0.2, -0.15) is 0 Å². The highest BCUT2D eigenvalue weighted by molar-refractivity contribution is 7.92. The number of benzene rings is 3. The van der Waals surface area contributed by atoms with Crippen molar-refractivity contribution >= 4 is 27.5 Å². The molecule has 0 saturated heterocycles. The van der Waals surface area contributed by atoms with Crippen LogP contribution < -0.4 is 20.1 Å². The number of carbonyl (C=O) groups is 2. The van der Waals surface area contributed by atoms with Gasteiger partial charge in [-0.3, -0.25) is 14.3 Å². The van der Waals surface area contributed by atoms with Crippen LogP contribution in [-0.2, 0) is 10.0 Å². The Hall–Kier alpha value is -3.92. The van der Waals surface area contributed by atoms with Gasteiger partial charge >= 0.3 is 0 Å². The minimum Gasteiger partial charge on any atom is -0.494 e. The first-order valence-electron chi connectivity index (χ1n) is 10.9. The number of sulfonamides is 1. The van der Waals surface area contributed by atoms with Crippen LogP contribution in [0.4, 0.5) is 10.1 Å². The zero-order chi connectivity index (χ0) is 25.4. The fourth-order valence-corrected chi connectivity index (χ4v) is 4.20. The fourth-order valence-electron chi connectivity index (χ4n) is 3.09. The number of nitrogens with one attached hydrogen (secondary N) is 3. The van der Waals surface area contributed by atoms with Crippen LogP contribution in [0.15, 0.2) is 71.6 Å². The number of aryl methyl sites for hydroxylation is 1. The van der Waals surface area contributed by atoms with E-state index in [1.54, 1.807) is 31.2 Å². The Labute approximate surface area is 203 Å². The largest absolute Gasteiger partial charge is 0.494 e. The van der Waals surface area contributed by atoms with Crippen LogP contribution in [0.3, 0.4) is 0 Å². The molecule has 35 heavy (non-hydrogen) atoms. The molecule has 3 N–H and O–H groups in total. The van der Waals surface area contributed by atoms with Gasteiger partial charge in [-0.25, -0.2) is 12.8 Å². The molecule has 0 heterocycles. The Bertz CT molecular complexity index is 1310. The number of rotatable bonds is 10. The van der Waals surface area contributed by atoms with E-state index in [4.69, 9.17) is 4.74 Å². The van der Waals surface area contributed by atoms with Crippen LogP contribution >= 0.6 is 0 Å². The Balaban J connectivity index is 1.55. The highest BCUT2D eigenvalue weighted by Crippen LogP contribution is 2.20. The minimum absolute atomic E-state index is 0.0752. The van der Waals surface area contributed by atoms with E-state index in [1.807, 2.05) is 6.92 Å². The lowest BCUT2D eigenvalue weighted by Gasteiger charge is -2.11. The summed E-state index contributed by atoms with van der Waals surface area (Å²) in [6.45, 7) is 4.16. The Kier molecular flexibility index (Phi) is 8.43. The van der Waals surface area contributed by atoms with E-state index in [-0.39, 0.29) is 29.1 Å². The van der Waals surface area contributed by atoms with Gasteiger partial charge in [0.15, 0.2) is 0 Å². The smallest absolute Gasteiger partial charge is 0.261 e. The third-order valence-corrected chi connectivity index (χ3v) is 6.33. The van der Waals surface area contributed by atoms with Crippen LogP contribution in [0.25, 0.3) is 0 Å². The van der Waals surface area contributed by atoms with Crippen LogP contribution in [0, 0.1) is 12.7 Å². The molecule has 2 amide bonds. The summed E-state index contributed by atoms with van der Waals surface area (Å²) in [6.07, 6.45) is 0. The van der Waals surface area contributed by atoms with Crippen molar-refractivity contribution in [1.29, 1.82) is 0 Å². The van der Waals surface area contributed by atoms with Gasteiger partial charge in [0.05, 0.1) is 11.5 Å². The van der Waals surface area contributed by atoms with Gasteiger partial charge in [0.25, 0.3) is 21.8 Å². The molecule has 0 aromatic heterocycles. The van der Waals surface area contributed by atoms with Crippen molar-refractivity contribution in [1.82, 2.24) is 10.6 Å². The monoisotopic (exact) mass is 499 g/mol. The van der Waals surface area contributed by atoms with Gasteiger partial charge in [0, 0.05) is 29.9 Å². The molecule has 0 radical (unpaired) electrons. The van der Waals surface area contributed by atoms with E-state index in [2.05, 4.69) is 15.4 Å². The SMILES string of the molecule is CCOc1ccc(NS(=O)(=O)c2cccc(C(=O)NCCNC(=O)c3ccc(C)c(F)c3)c2)cc1. The first-order chi connectivity index (χ1) is 16.7. The lowest BCUT2D eigenvalue weighted by molar-refractivity contribution is 0.0927. The van der Waals surface area contributed by atoms with E-state index in [0.29, 0.717) is 23.6 Å². The minimum atomic E-state index is -3.93. The quantitative estimate of drug-likeness (QED) is 0.370. The zero-order valence-electron chi connectivity index (χ0n) is 19.3. The first-order valence-corrected chi connectivity index (χ1v) is 12.4. The number of anilines is 1. The number of hydrogen-bond donors (Lipinski definition) is 3.